The number of methoxy groups -OCH3 is 1. The monoisotopic (exact) mass is 455 g/mol. The van der Waals surface area contributed by atoms with Crippen LogP contribution >= 0.6 is 7.82 Å². The van der Waals surface area contributed by atoms with Gasteiger partial charge in [0.2, 0.25) is 0 Å². The Hall–Kier alpha value is -0.700. The summed E-state index contributed by atoms with van der Waals surface area (Å²) >= 11 is 0. The molecule has 180 valence electrons. The summed E-state index contributed by atoms with van der Waals surface area (Å²) in [6, 6.07) is 0. The van der Waals surface area contributed by atoms with Gasteiger partial charge in [0.15, 0.2) is 0 Å². The molecule has 0 spiro atoms. The standard InChI is InChI=1S/C20H43N2O7P/c1-6-7-8-9-10-11-12-13-14-21-20(23)27-17-19(26-5)18-29-30(24,25)28-16-15-22(2,3)4/h19H,6-18H2,1-5H3,(H-,21,23,24,25)/p+1. The van der Waals surface area contributed by atoms with Crippen LogP contribution in [0, 0.1) is 0 Å². The largest absolute Gasteiger partial charge is 0.472 e. The van der Waals surface area contributed by atoms with Crippen LogP contribution < -0.4 is 5.32 Å². The molecule has 0 aromatic carbocycles. The first-order valence-corrected chi connectivity index (χ1v) is 12.4. The van der Waals surface area contributed by atoms with Gasteiger partial charge >= 0.3 is 13.9 Å². The molecule has 2 atom stereocenters. The van der Waals surface area contributed by atoms with E-state index in [1.54, 1.807) is 0 Å². The molecule has 10 heteroatoms. The fraction of sp³-hybridized carbons (Fsp3) is 0.950. The molecule has 0 aliphatic heterocycles. The molecule has 0 aromatic heterocycles. The van der Waals surface area contributed by atoms with Crippen LogP contribution in [0.25, 0.3) is 0 Å². The van der Waals surface area contributed by atoms with Crippen LogP contribution in [0.4, 0.5) is 4.79 Å². The van der Waals surface area contributed by atoms with E-state index in [0.717, 1.165) is 12.8 Å². The summed E-state index contributed by atoms with van der Waals surface area (Å²) in [4.78, 5) is 21.5. The summed E-state index contributed by atoms with van der Waals surface area (Å²) in [5.74, 6) is 0. The van der Waals surface area contributed by atoms with E-state index in [1.165, 1.54) is 45.6 Å². The Balaban J connectivity index is 3.84. The highest BCUT2D eigenvalue weighted by atomic mass is 31.2. The third-order valence-electron chi connectivity index (χ3n) is 4.47. The van der Waals surface area contributed by atoms with Gasteiger partial charge in [0.1, 0.15) is 25.9 Å². The second kappa shape index (κ2) is 16.9. The van der Waals surface area contributed by atoms with Gasteiger partial charge in [-0.1, -0.05) is 51.9 Å². The Bertz CT molecular complexity index is 486. The van der Waals surface area contributed by atoms with Crippen LogP contribution in [0.1, 0.15) is 58.3 Å². The molecule has 0 aliphatic carbocycles. The highest BCUT2D eigenvalue weighted by Crippen LogP contribution is 2.43. The third kappa shape index (κ3) is 19.3. The third-order valence-corrected chi connectivity index (χ3v) is 5.46. The van der Waals surface area contributed by atoms with Gasteiger partial charge in [0.05, 0.1) is 27.7 Å². The van der Waals surface area contributed by atoms with Crippen molar-refractivity contribution in [1.82, 2.24) is 5.32 Å². The van der Waals surface area contributed by atoms with Crippen molar-refractivity contribution in [2.75, 3.05) is 61.2 Å². The van der Waals surface area contributed by atoms with E-state index in [2.05, 4.69) is 12.2 Å². The number of carbonyl (C=O) groups is 1. The summed E-state index contributed by atoms with van der Waals surface area (Å²) in [5, 5.41) is 2.70. The molecule has 2 unspecified atom stereocenters. The summed E-state index contributed by atoms with van der Waals surface area (Å²) in [6.45, 7) is 3.11. The molecule has 0 bridgehead atoms. The summed E-state index contributed by atoms with van der Waals surface area (Å²) in [5.41, 5.74) is 0. The second-order valence-electron chi connectivity index (χ2n) is 8.47. The molecule has 30 heavy (non-hydrogen) atoms. The smallest absolute Gasteiger partial charge is 0.447 e. The molecule has 1 amide bonds. The van der Waals surface area contributed by atoms with E-state index in [4.69, 9.17) is 18.5 Å². The van der Waals surface area contributed by atoms with Gasteiger partial charge in [-0.25, -0.2) is 9.36 Å². The number of nitrogens with zero attached hydrogens (tertiary/aromatic N) is 1. The number of ether oxygens (including phenoxy) is 2. The fourth-order valence-electron chi connectivity index (χ4n) is 2.50. The zero-order valence-electron chi connectivity index (χ0n) is 19.6. The Labute approximate surface area is 182 Å². The molecule has 0 saturated heterocycles. The number of quaternary nitrogens is 1. The Morgan fingerprint density at radius 1 is 1.00 bits per heavy atom. The van der Waals surface area contributed by atoms with E-state index < -0.39 is 20.0 Å². The molecule has 0 aromatic rings. The van der Waals surface area contributed by atoms with Crippen molar-refractivity contribution >= 4 is 13.9 Å². The van der Waals surface area contributed by atoms with Gasteiger partial charge < -0.3 is 24.2 Å². The highest BCUT2D eigenvalue weighted by molar-refractivity contribution is 7.47. The van der Waals surface area contributed by atoms with Crippen LogP contribution in [0.15, 0.2) is 0 Å². The quantitative estimate of drug-likeness (QED) is 0.174. The first kappa shape index (κ1) is 29.3. The van der Waals surface area contributed by atoms with E-state index >= 15 is 0 Å². The zero-order chi connectivity index (χ0) is 22.9. The van der Waals surface area contributed by atoms with Crippen molar-refractivity contribution in [1.29, 1.82) is 0 Å². The Kier molecular flexibility index (Phi) is 16.5. The molecular weight excluding hydrogens is 411 g/mol. The predicted molar refractivity (Wildman–Crippen MR) is 117 cm³/mol. The number of unbranched alkanes of at least 4 members (excludes halogenated alkanes) is 7. The highest BCUT2D eigenvalue weighted by Gasteiger charge is 2.25. The van der Waals surface area contributed by atoms with Crippen molar-refractivity contribution in [3.05, 3.63) is 0 Å². The minimum absolute atomic E-state index is 0.0847. The molecule has 0 radical (unpaired) electrons. The molecule has 0 fully saturated rings. The number of amides is 1. The lowest BCUT2D eigenvalue weighted by atomic mass is 10.1. The van der Waals surface area contributed by atoms with Crippen molar-refractivity contribution in [3.8, 4) is 0 Å². The maximum Gasteiger partial charge on any atom is 0.472 e. The van der Waals surface area contributed by atoms with Gasteiger partial charge in [0.25, 0.3) is 0 Å². The molecular formula is C20H44N2O7P+. The Morgan fingerprint density at radius 2 is 1.60 bits per heavy atom. The van der Waals surface area contributed by atoms with E-state index in [1.807, 2.05) is 21.1 Å². The second-order valence-corrected chi connectivity index (χ2v) is 9.92. The normalized spacial score (nSPS) is 14.9. The lowest BCUT2D eigenvalue weighted by Crippen LogP contribution is -2.37. The van der Waals surface area contributed by atoms with Crippen LogP contribution in [-0.4, -0.2) is 82.7 Å². The minimum Gasteiger partial charge on any atom is -0.447 e. The van der Waals surface area contributed by atoms with E-state index in [9.17, 15) is 14.3 Å². The molecule has 0 rings (SSSR count). The Morgan fingerprint density at radius 3 is 2.17 bits per heavy atom. The van der Waals surface area contributed by atoms with Crippen molar-refractivity contribution < 1.29 is 37.3 Å². The minimum atomic E-state index is -4.18. The molecule has 2 N–H and O–H groups in total. The van der Waals surface area contributed by atoms with Crippen molar-refractivity contribution in [3.63, 3.8) is 0 Å². The van der Waals surface area contributed by atoms with Crippen molar-refractivity contribution in [2.24, 2.45) is 0 Å². The number of carbonyl (C=O) groups excluding carboxylic acids is 1. The molecule has 9 nitrogen and oxygen atoms in total. The van der Waals surface area contributed by atoms with Crippen LogP contribution in [0.5, 0.6) is 0 Å². The summed E-state index contributed by atoms with van der Waals surface area (Å²) in [7, 11) is 3.08. The number of hydrogen-bond acceptors (Lipinski definition) is 6. The van der Waals surface area contributed by atoms with Crippen LogP contribution in [0.3, 0.4) is 0 Å². The number of nitrogens with one attached hydrogen (secondary N) is 1. The maximum atomic E-state index is 11.9. The number of rotatable bonds is 19. The van der Waals surface area contributed by atoms with Gasteiger partial charge in [-0.05, 0) is 6.42 Å². The molecule has 0 heterocycles. The number of alkyl carbamates (subject to hydrolysis) is 1. The van der Waals surface area contributed by atoms with Gasteiger partial charge in [-0.15, -0.1) is 0 Å². The van der Waals surface area contributed by atoms with E-state index in [-0.39, 0.29) is 19.8 Å². The number of hydrogen-bond donors (Lipinski definition) is 2. The summed E-state index contributed by atoms with van der Waals surface area (Å²) < 4.78 is 32.6. The van der Waals surface area contributed by atoms with Crippen LogP contribution in [0.2, 0.25) is 0 Å². The zero-order valence-corrected chi connectivity index (χ0v) is 20.5. The van der Waals surface area contributed by atoms with Gasteiger partial charge in [-0.2, -0.15) is 0 Å². The average molecular weight is 456 g/mol. The van der Waals surface area contributed by atoms with E-state index in [0.29, 0.717) is 17.6 Å². The topological polar surface area (TPSA) is 103 Å². The molecule has 0 aliphatic rings. The number of phosphoric acid groups is 1. The van der Waals surface area contributed by atoms with Crippen LogP contribution in [-0.2, 0) is 23.1 Å². The lowest BCUT2D eigenvalue weighted by Gasteiger charge is -2.24. The molecule has 0 saturated carbocycles. The summed E-state index contributed by atoms with van der Waals surface area (Å²) in [6.07, 6.45) is 8.37. The average Bonchev–Trinajstić information content (AvgIpc) is 2.65. The van der Waals surface area contributed by atoms with Crippen molar-refractivity contribution in [2.45, 2.75) is 64.4 Å². The first-order chi connectivity index (χ1) is 14.1. The SMILES string of the molecule is CCCCCCCCCCNC(=O)OCC(COP(=O)(O)OCC[N+](C)(C)C)OC. The van der Waals surface area contributed by atoms with Gasteiger partial charge in [-0.3, -0.25) is 9.05 Å². The van der Waals surface area contributed by atoms with Gasteiger partial charge in [0, 0.05) is 13.7 Å². The number of likely N-dealkylation sites (N-methyl/N-ethyl adjacent to an activating group) is 1. The lowest BCUT2D eigenvalue weighted by molar-refractivity contribution is -0.870. The number of phosphoric ester groups is 1. The first-order valence-electron chi connectivity index (χ1n) is 11.0. The fourth-order valence-corrected chi connectivity index (χ4v) is 3.24. The predicted octanol–water partition coefficient (Wildman–Crippen LogP) is 3.71. The maximum absolute atomic E-state index is 11.9.